The lowest BCUT2D eigenvalue weighted by molar-refractivity contribution is -0.795. The molecule has 10 nitrogen and oxygen atoms in total. The minimum absolute atomic E-state index is 0.210. The van der Waals surface area contributed by atoms with Crippen LogP contribution in [0.1, 0.15) is 6.93 Å². The zero-order chi connectivity index (χ0) is 16.7. The summed E-state index contributed by atoms with van der Waals surface area (Å²) < 4.78 is 7.79. The van der Waals surface area contributed by atoms with Gasteiger partial charge in [-0.15, -0.1) is 20.2 Å². The topological polar surface area (TPSA) is 142 Å². The molecule has 1 aromatic rings. The van der Waals surface area contributed by atoms with E-state index < -0.39 is 41.2 Å². The van der Waals surface area contributed by atoms with Crippen LogP contribution in [0.2, 0.25) is 0 Å². The number of benzene rings is 1. The van der Waals surface area contributed by atoms with Gasteiger partial charge in [0.1, 0.15) is 0 Å². The highest BCUT2D eigenvalue weighted by Crippen LogP contribution is 2.11. The van der Waals surface area contributed by atoms with E-state index in [1.807, 2.05) is 0 Å². The smallest absolute Gasteiger partial charge is 0.295 e. The second kappa shape index (κ2) is 7.75. The van der Waals surface area contributed by atoms with Crippen LogP contribution in [0.4, 0.5) is 0 Å². The monoisotopic (exact) mass is 301 g/mol. The molecule has 114 valence electrons. The van der Waals surface area contributed by atoms with Crippen molar-refractivity contribution in [3.8, 4) is 0 Å². The number of Topliss-reactive ketones (excluding diaryl/α,β-unsaturated/α-hetero) is 1. The second-order valence-corrected chi connectivity index (χ2v) is 3.76. The molecule has 0 aliphatic rings. The number of hydrogen-bond donors (Lipinski definition) is 1. The molecule has 0 saturated carbocycles. The van der Waals surface area contributed by atoms with E-state index in [4.69, 9.17) is 6.48 Å². The van der Waals surface area contributed by atoms with E-state index in [0.717, 1.165) is 0 Å². The Morgan fingerprint density at radius 1 is 1.24 bits per heavy atom. The molecular formula is C11H12N2O8. The van der Waals surface area contributed by atoms with Gasteiger partial charge in [-0.25, -0.2) is 0 Å². The molecule has 0 heterocycles. The highest BCUT2D eigenvalue weighted by atomic mass is 17.0. The molecule has 0 amide bonds. The van der Waals surface area contributed by atoms with Gasteiger partial charge in [0.15, 0.2) is 18.0 Å². The van der Waals surface area contributed by atoms with Gasteiger partial charge in [-0.3, -0.25) is 4.79 Å². The zero-order valence-corrected chi connectivity index (χ0v) is 10.5. The van der Waals surface area contributed by atoms with Crippen molar-refractivity contribution in [2.45, 2.75) is 18.6 Å². The molecule has 21 heavy (non-hydrogen) atoms. The number of nitrogens with zero attached hydrogens (tertiary/aromatic N) is 2. The summed E-state index contributed by atoms with van der Waals surface area (Å²) in [5.74, 6) is -1.15. The average Bonchev–Trinajstić information content (AvgIpc) is 2.49. The highest BCUT2D eigenvalue weighted by molar-refractivity contribution is 5.85. The summed E-state index contributed by atoms with van der Waals surface area (Å²) in [4.78, 5) is 41.0. The fraction of sp³-hybridized carbons (Fsp3) is 0.364. The summed E-state index contributed by atoms with van der Waals surface area (Å²) in [5, 5.41) is 27.1. The molecule has 1 rings (SSSR count). The summed E-state index contributed by atoms with van der Waals surface area (Å²) in [6.07, 6.45) is -5.60. The van der Waals surface area contributed by atoms with Gasteiger partial charge >= 0.3 is 0 Å². The van der Waals surface area contributed by atoms with Crippen LogP contribution in [0, 0.1) is 20.2 Å². The lowest BCUT2D eigenvalue weighted by Gasteiger charge is -2.20. The van der Waals surface area contributed by atoms with Crippen molar-refractivity contribution in [1.82, 2.24) is 0 Å². The number of aliphatic hydroxyl groups excluding tert-OH is 1. The van der Waals surface area contributed by atoms with Gasteiger partial charge in [0.25, 0.3) is 10.2 Å². The lowest BCUT2D eigenvalue weighted by Crippen LogP contribution is -2.43. The van der Waals surface area contributed by atoms with E-state index in [9.17, 15) is 25.0 Å². The summed E-state index contributed by atoms with van der Waals surface area (Å²) in [5.41, 5.74) is 0.210. The first-order valence-electron chi connectivity index (χ1n) is 6.18. The van der Waals surface area contributed by atoms with Gasteiger partial charge in [0, 0.05) is 7.77 Å². The minimum Gasteiger partial charge on any atom is -0.394 e. The van der Waals surface area contributed by atoms with Crippen molar-refractivity contribution in [1.29, 1.82) is 0 Å². The van der Waals surface area contributed by atoms with Crippen LogP contribution in [0.25, 0.3) is 0 Å². The van der Waals surface area contributed by atoms with Crippen molar-refractivity contribution >= 4 is 5.78 Å². The standard InChI is InChI=1S/C11H12N2O8/c14-7-10(20-12(16)17)11(21-13(18)19)9(15)6-8-4-2-1-3-5-8/h1-5,10-11,14H,6-7H2/t10-,11+/m1/s1/i6D/t6?,10-,11+. The van der Waals surface area contributed by atoms with Crippen LogP contribution >= 0.6 is 0 Å². The minimum atomic E-state index is -2.10. The number of aliphatic hydroxyl groups is 1. The number of ketones is 1. The maximum absolute atomic E-state index is 12.1. The van der Waals surface area contributed by atoms with E-state index in [2.05, 4.69) is 9.68 Å². The molecule has 1 unspecified atom stereocenters. The first-order valence-corrected chi connectivity index (χ1v) is 5.61. The first kappa shape index (κ1) is 14.7. The second-order valence-electron chi connectivity index (χ2n) is 3.76. The van der Waals surface area contributed by atoms with Crippen molar-refractivity contribution in [2.75, 3.05) is 6.61 Å². The van der Waals surface area contributed by atoms with Crippen molar-refractivity contribution < 1.29 is 31.1 Å². The van der Waals surface area contributed by atoms with Gasteiger partial charge in [0.05, 0.1) is 6.61 Å². The number of hydrogen-bond acceptors (Lipinski definition) is 8. The third-order valence-corrected chi connectivity index (χ3v) is 2.33. The van der Waals surface area contributed by atoms with E-state index in [1.54, 1.807) is 18.2 Å². The van der Waals surface area contributed by atoms with Gasteiger partial charge in [-0.05, 0) is 5.56 Å². The fourth-order valence-corrected chi connectivity index (χ4v) is 1.49. The van der Waals surface area contributed by atoms with Crippen LogP contribution in [0.15, 0.2) is 30.3 Å². The van der Waals surface area contributed by atoms with E-state index in [0.29, 0.717) is 0 Å². The molecule has 3 atom stereocenters. The van der Waals surface area contributed by atoms with Gasteiger partial charge < -0.3 is 14.8 Å². The Kier molecular flexibility index (Phi) is 5.41. The molecule has 1 aromatic carbocycles. The number of rotatable bonds is 9. The maximum Gasteiger partial charge on any atom is 0.295 e. The number of carbonyl (C=O) groups is 1. The van der Waals surface area contributed by atoms with E-state index >= 15 is 0 Å². The number of carbonyl (C=O) groups excluding carboxylic acids is 1. The van der Waals surface area contributed by atoms with E-state index in [-0.39, 0.29) is 5.56 Å². The lowest BCUT2D eigenvalue weighted by atomic mass is 10.0. The molecule has 1 N–H and O–H groups in total. The van der Waals surface area contributed by atoms with Crippen molar-refractivity contribution in [3.05, 3.63) is 56.1 Å². The predicted molar refractivity (Wildman–Crippen MR) is 66.0 cm³/mol. The Morgan fingerprint density at radius 2 is 1.81 bits per heavy atom. The van der Waals surface area contributed by atoms with Crippen LogP contribution in [0.5, 0.6) is 0 Å². The van der Waals surface area contributed by atoms with Gasteiger partial charge in [-0.2, -0.15) is 0 Å². The molecule has 0 saturated heterocycles. The molecule has 0 fully saturated rings. The fourth-order valence-electron chi connectivity index (χ4n) is 1.49. The maximum atomic E-state index is 12.1. The Morgan fingerprint density at radius 3 is 2.29 bits per heavy atom. The van der Waals surface area contributed by atoms with Gasteiger partial charge in [-0.1, -0.05) is 30.3 Å². The molecule has 0 aromatic heterocycles. The zero-order valence-electron chi connectivity index (χ0n) is 11.5. The van der Waals surface area contributed by atoms with Crippen LogP contribution in [-0.4, -0.2) is 39.9 Å². The molecule has 0 bridgehead atoms. The molecule has 10 heteroatoms. The third kappa shape index (κ3) is 5.40. The van der Waals surface area contributed by atoms with Crippen LogP contribution in [0.3, 0.4) is 0 Å². The Hall–Kier alpha value is -2.75. The molecule has 0 radical (unpaired) electrons. The van der Waals surface area contributed by atoms with Crippen molar-refractivity contribution in [3.63, 3.8) is 0 Å². The summed E-state index contributed by atoms with van der Waals surface area (Å²) >= 11 is 0. The first-order chi connectivity index (χ1) is 10.4. The predicted octanol–water partition coefficient (Wildman–Crippen LogP) is -0.0557. The Bertz CT molecular complexity index is 540. The third-order valence-electron chi connectivity index (χ3n) is 2.33. The van der Waals surface area contributed by atoms with Gasteiger partial charge in [0.2, 0.25) is 0 Å². The molecule has 0 aliphatic carbocycles. The molecular weight excluding hydrogens is 288 g/mol. The quantitative estimate of drug-likeness (QED) is 0.494. The summed E-state index contributed by atoms with van der Waals surface area (Å²) in [7, 11) is 0. The van der Waals surface area contributed by atoms with E-state index in [1.165, 1.54) is 12.1 Å². The largest absolute Gasteiger partial charge is 0.394 e. The molecule has 0 aliphatic heterocycles. The van der Waals surface area contributed by atoms with Crippen molar-refractivity contribution in [2.24, 2.45) is 0 Å². The Labute approximate surface area is 119 Å². The Balaban J connectivity index is 3.01. The van der Waals surface area contributed by atoms with Crippen LogP contribution < -0.4 is 0 Å². The summed E-state index contributed by atoms with van der Waals surface area (Å²) in [6, 6.07) is 7.59. The average molecular weight is 301 g/mol. The molecule has 0 spiro atoms. The normalized spacial score (nSPS) is 15.2. The highest BCUT2D eigenvalue weighted by Gasteiger charge is 2.34. The summed E-state index contributed by atoms with van der Waals surface area (Å²) in [6.45, 7) is -1.08. The SMILES string of the molecule is [2H]C(C(=O)[C@H](O[N+](=O)[O-])[C@@H](CO)O[N+](=O)[O-])c1ccccc1. The van der Waals surface area contributed by atoms with Crippen LogP contribution in [-0.2, 0) is 20.9 Å².